The summed E-state index contributed by atoms with van der Waals surface area (Å²) < 4.78 is 32.4. The Balaban J connectivity index is 1.33. The number of hydrogen-bond acceptors (Lipinski definition) is 6. The van der Waals surface area contributed by atoms with E-state index in [1.54, 1.807) is 4.90 Å². The highest BCUT2D eigenvalue weighted by Crippen LogP contribution is 2.25. The largest absolute Gasteiger partial charge is 0.438 e. The monoisotopic (exact) mass is 452 g/mol. The number of hydrogen-bond donors (Lipinski definition) is 0. The molecule has 172 valence electrons. The molecular weight excluding hydrogens is 420 g/mol. The Labute approximate surface area is 184 Å². The topological polar surface area (TPSA) is 94.4 Å². The van der Waals surface area contributed by atoms with Gasteiger partial charge >= 0.3 is 0 Å². The first kappa shape index (κ1) is 22.3. The standard InChI is InChI=1S/C21H32N4O5S/c1-22-13-15-24(16-14-22)20(26)17-7-11-23(12-8-17)21(27)18-5-6-19(30-18)31(28,29)25-9-3-2-4-10-25/h5-6,17H,2-4,7-16H2,1H3. The van der Waals surface area contributed by atoms with Crippen LogP contribution < -0.4 is 0 Å². The number of amides is 2. The molecule has 3 fully saturated rings. The number of piperazine rings is 1. The maximum Gasteiger partial charge on any atom is 0.289 e. The van der Waals surface area contributed by atoms with Crippen LogP contribution in [0.15, 0.2) is 21.6 Å². The summed E-state index contributed by atoms with van der Waals surface area (Å²) >= 11 is 0. The zero-order valence-corrected chi connectivity index (χ0v) is 19.0. The summed E-state index contributed by atoms with van der Waals surface area (Å²) in [6, 6.07) is 2.82. The first-order valence-corrected chi connectivity index (χ1v) is 12.7. The third-order valence-electron chi connectivity index (χ3n) is 6.65. The molecule has 3 saturated heterocycles. The number of nitrogens with zero attached hydrogens (tertiary/aromatic N) is 4. The molecule has 9 nitrogen and oxygen atoms in total. The van der Waals surface area contributed by atoms with Gasteiger partial charge in [0.2, 0.25) is 11.0 Å². The molecule has 1 aromatic heterocycles. The number of piperidine rings is 2. The number of carbonyl (C=O) groups excluding carboxylic acids is 2. The predicted octanol–water partition coefficient (Wildman–Crippen LogP) is 1.08. The van der Waals surface area contributed by atoms with Crippen molar-refractivity contribution in [1.29, 1.82) is 0 Å². The minimum atomic E-state index is -3.70. The van der Waals surface area contributed by atoms with Crippen LogP contribution >= 0.6 is 0 Å². The maximum absolute atomic E-state index is 12.9. The molecule has 0 aromatic carbocycles. The van der Waals surface area contributed by atoms with E-state index in [2.05, 4.69) is 11.9 Å². The Morgan fingerprint density at radius 2 is 1.52 bits per heavy atom. The molecule has 0 aliphatic carbocycles. The molecule has 2 amide bonds. The summed E-state index contributed by atoms with van der Waals surface area (Å²) in [6.45, 7) is 5.22. The Kier molecular flexibility index (Phi) is 6.68. The van der Waals surface area contributed by atoms with Gasteiger partial charge in [-0.1, -0.05) is 6.42 Å². The van der Waals surface area contributed by atoms with Gasteiger partial charge < -0.3 is 19.1 Å². The van der Waals surface area contributed by atoms with Crippen molar-refractivity contribution < 1.29 is 22.4 Å². The molecule has 31 heavy (non-hydrogen) atoms. The molecule has 0 saturated carbocycles. The number of carbonyl (C=O) groups is 2. The van der Waals surface area contributed by atoms with Gasteiger partial charge in [0.1, 0.15) is 0 Å². The number of furan rings is 1. The van der Waals surface area contributed by atoms with Crippen LogP contribution in [0.2, 0.25) is 0 Å². The van der Waals surface area contributed by atoms with Crippen molar-refractivity contribution in [2.75, 3.05) is 59.4 Å². The lowest BCUT2D eigenvalue weighted by atomic mass is 9.94. The lowest BCUT2D eigenvalue weighted by Crippen LogP contribution is -2.51. The Morgan fingerprint density at radius 1 is 0.871 bits per heavy atom. The number of rotatable bonds is 4. The third-order valence-corrected chi connectivity index (χ3v) is 8.42. The van der Waals surface area contributed by atoms with Crippen molar-refractivity contribution in [2.24, 2.45) is 5.92 Å². The Morgan fingerprint density at radius 3 is 2.16 bits per heavy atom. The van der Waals surface area contributed by atoms with Gasteiger partial charge in [-0.3, -0.25) is 9.59 Å². The third kappa shape index (κ3) is 4.80. The van der Waals surface area contributed by atoms with Crippen LogP contribution in [0.25, 0.3) is 0 Å². The van der Waals surface area contributed by atoms with Crippen molar-refractivity contribution in [3.8, 4) is 0 Å². The van der Waals surface area contributed by atoms with Gasteiger partial charge in [0, 0.05) is 58.3 Å². The van der Waals surface area contributed by atoms with E-state index in [0.717, 1.165) is 45.4 Å². The van der Waals surface area contributed by atoms with Gasteiger partial charge in [-0.15, -0.1) is 0 Å². The second kappa shape index (κ2) is 9.30. The normalized spacial score (nSPS) is 22.6. The van der Waals surface area contributed by atoms with Crippen molar-refractivity contribution in [2.45, 2.75) is 37.2 Å². The van der Waals surface area contributed by atoms with Gasteiger partial charge in [0.25, 0.3) is 15.9 Å². The van der Waals surface area contributed by atoms with E-state index in [-0.39, 0.29) is 28.6 Å². The average Bonchev–Trinajstić information content (AvgIpc) is 3.31. The highest BCUT2D eigenvalue weighted by atomic mass is 32.2. The fourth-order valence-corrected chi connectivity index (χ4v) is 6.01. The quantitative estimate of drug-likeness (QED) is 0.679. The molecule has 1 aromatic rings. The lowest BCUT2D eigenvalue weighted by Gasteiger charge is -2.37. The van der Waals surface area contributed by atoms with Gasteiger partial charge in [-0.05, 0) is 44.9 Å². The van der Waals surface area contributed by atoms with Crippen molar-refractivity contribution in [3.05, 3.63) is 17.9 Å². The maximum atomic E-state index is 12.9. The minimum Gasteiger partial charge on any atom is -0.438 e. The second-order valence-electron chi connectivity index (χ2n) is 8.78. The van der Waals surface area contributed by atoms with E-state index < -0.39 is 10.0 Å². The summed E-state index contributed by atoms with van der Waals surface area (Å²) in [6.07, 6.45) is 3.95. The van der Waals surface area contributed by atoms with Crippen LogP contribution in [-0.4, -0.2) is 98.6 Å². The van der Waals surface area contributed by atoms with Crippen LogP contribution in [-0.2, 0) is 14.8 Å². The van der Waals surface area contributed by atoms with E-state index in [4.69, 9.17) is 4.42 Å². The van der Waals surface area contributed by atoms with E-state index in [0.29, 0.717) is 39.0 Å². The summed E-state index contributed by atoms with van der Waals surface area (Å²) in [7, 11) is -1.64. The minimum absolute atomic E-state index is 0.0411. The summed E-state index contributed by atoms with van der Waals surface area (Å²) in [5.41, 5.74) is 0. The van der Waals surface area contributed by atoms with Gasteiger partial charge in [0.15, 0.2) is 5.76 Å². The lowest BCUT2D eigenvalue weighted by molar-refractivity contribution is -0.138. The van der Waals surface area contributed by atoms with Crippen molar-refractivity contribution in [1.82, 2.24) is 19.0 Å². The SMILES string of the molecule is CN1CCN(C(=O)C2CCN(C(=O)c3ccc(S(=O)(=O)N4CCCCC4)o3)CC2)CC1. The van der Waals surface area contributed by atoms with Crippen LogP contribution in [0.3, 0.4) is 0 Å². The number of sulfonamides is 1. The first-order chi connectivity index (χ1) is 14.9. The fraction of sp³-hybridized carbons (Fsp3) is 0.714. The molecule has 0 bridgehead atoms. The summed E-state index contributed by atoms with van der Waals surface area (Å²) in [4.78, 5) is 31.4. The number of likely N-dealkylation sites (N-methyl/N-ethyl adjacent to an activating group) is 1. The molecule has 0 unspecified atom stereocenters. The van der Waals surface area contributed by atoms with E-state index in [1.165, 1.54) is 16.4 Å². The average molecular weight is 453 g/mol. The van der Waals surface area contributed by atoms with Crippen molar-refractivity contribution in [3.63, 3.8) is 0 Å². The Hall–Kier alpha value is -1.91. The van der Waals surface area contributed by atoms with E-state index in [9.17, 15) is 18.0 Å². The Bertz CT molecular complexity index is 893. The molecular formula is C21H32N4O5S. The highest BCUT2D eigenvalue weighted by molar-refractivity contribution is 7.89. The van der Waals surface area contributed by atoms with Crippen LogP contribution in [0.5, 0.6) is 0 Å². The zero-order chi connectivity index (χ0) is 22.0. The summed E-state index contributed by atoms with van der Waals surface area (Å²) in [5.74, 6) is -0.141. The molecule has 4 rings (SSSR count). The van der Waals surface area contributed by atoms with Gasteiger partial charge in [0.05, 0.1) is 0 Å². The molecule has 3 aliphatic rings. The van der Waals surface area contributed by atoms with E-state index >= 15 is 0 Å². The smallest absolute Gasteiger partial charge is 0.289 e. The van der Waals surface area contributed by atoms with Gasteiger partial charge in [-0.25, -0.2) is 8.42 Å². The highest BCUT2D eigenvalue weighted by Gasteiger charge is 2.34. The van der Waals surface area contributed by atoms with E-state index in [1.807, 2.05) is 4.90 Å². The zero-order valence-electron chi connectivity index (χ0n) is 18.2. The first-order valence-electron chi connectivity index (χ1n) is 11.2. The molecule has 0 spiro atoms. The van der Waals surface area contributed by atoms with Crippen LogP contribution in [0.1, 0.15) is 42.7 Å². The van der Waals surface area contributed by atoms with Crippen LogP contribution in [0.4, 0.5) is 0 Å². The second-order valence-corrected chi connectivity index (χ2v) is 10.6. The molecule has 0 radical (unpaired) electrons. The summed E-state index contributed by atoms with van der Waals surface area (Å²) in [5, 5.41) is -0.169. The fourth-order valence-electron chi connectivity index (χ4n) is 4.58. The molecule has 10 heteroatoms. The van der Waals surface area contributed by atoms with Gasteiger partial charge in [-0.2, -0.15) is 4.31 Å². The molecule has 3 aliphatic heterocycles. The molecule has 0 atom stereocenters. The molecule has 4 heterocycles. The van der Waals surface area contributed by atoms with Crippen LogP contribution in [0, 0.1) is 5.92 Å². The van der Waals surface area contributed by atoms with Crippen molar-refractivity contribution >= 4 is 21.8 Å². The number of likely N-dealkylation sites (tertiary alicyclic amines) is 1. The predicted molar refractivity (Wildman–Crippen MR) is 114 cm³/mol. The molecule has 0 N–H and O–H groups in total.